The van der Waals surface area contributed by atoms with Gasteiger partial charge < -0.3 is 5.32 Å². The van der Waals surface area contributed by atoms with Crippen LogP contribution < -0.4 is 5.32 Å². The van der Waals surface area contributed by atoms with E-state index in [2.05, 4.69) is 81.6 Å². The van der Waals surface area contributed by atoms with Crippen molar-refractivity contribution < 1.29 is 0 Å². The molecule has 1 saturated heterocycles. The molecule has 1 atom stereocenters. The van der Waals surface area contributed by atoms with Gasteiger partial charge in [0.05, 0.1) is 0 Å². The first-order valence-corrected chi connectivity index (χ1v) is 8.29. The molecular formula is C18H21BrN2. The van der Waals surface area contributed by atoms with E-state index in [1.807, 2.05) is 0 Å². The lowest BCUT2D eigenvalue weighted by Crippen LogP contribution is -2.25. The second kappa shape index (κ2) is 6.63. The van der Waals surface area contributed by atoms with E-state index in [-0.39, 0.29) is 0 Å². The van der Waals surface area contributed by atoms with Crippen molar-refractivity contribution in [2.45, 2.75) is 25.9 Å². The molecule has 110 valence electrons. The van der Waals surface area contributed by atoms with E-state index < -0.39 is 0 Å². The van der Waals surface area contributed by atoms with Crippen LogP contribution in [0.15, 0.2) is 53.0 Å². The summed E-state index contributed by atoms with van der Waals surface area (Å²) in [5, 5.41) is 3.65. The fourth-order valence-corrected chi connectivity index (χ4v) is 3.23. The van der Waals surface area contributed by atoms with Crippen molar-refractivity contribution >= 4 is 21.6 Å². The molecule has 0 aliphatic carbocycles. The van der Waals surface area contributed by atoms with Crippen LogP contribution in [-0.2, 0) is 6.54 Å². The van der Waals surface area contributed by atoms with Gasteiger partial charge in [0, 0.05) is 35.8 Å². The Morgan fingerprint density at radius 3 is 2.76 bits per heavy atom. The van der Waals surface area contributed by atoms with Crippen molar-refractivity contribution in [1.82, 2.24) is 4.90 Å². The highest BCUT2D eigenvalue weighted by atomic mass is 79.9. The molecule has 3 heteroatoms. The van der Waals surface area contributed by atoms with Gasteiger partial charge in [0.1, 0.15) is 0 Å². The van der Waals surface area contributed by atoms with Crippen LogP contribution in [0.1, 0.15) is 17.5 Å². The predicted octanol–water partition coefficient (Wildman–Crippen LogP) is 4.44. The maximum Gasteiger partial charge on any atom is 0.0400 e. The average molecular weight is 345 g/mol. The third kappa shape index (κ3) is 3.86. The van der Waals surface area contributed by atoms with E-state index >= 15 is 0 Å². The monoisotopic (exact) mass is 344 g/mol. The highest BCUT2D eigenvalue weighted by Crippen LogP contribution is 2.23. The quantitative estimate of drug-likeness (QED) is 0.881. The van der Waals surface area contributed by atoms with Crippen LogP contribution in [0, 0.1) is 6.92 Å². The molecule has 1 heterocycles. The maximum absolute atomic E-state index is 3.65. The lowest BCUT2D eigenvalue weighted by atomic mass is 10.2. The highest BCUT2D eigenvalue weighted by Gasteiger charge is 2.22. The average Bonchev–Trinajstić information content (AvgIpc) is 2.91. The van der Waals surface area contributed by atoms with Gasteiger partial charge in [-0.25, -0.2) is 0 Å². The molecule has 0 bridgehead atoms. The van der Waals surface area contributed by atoms with Crippen LogP contribution in [0.3, 0.4) is 0 Å². The summed E-state index contributed by atoms with van der Waals surface area (Å²) in [6.45, 7) is 5.45. The van der Waals surface area contributed by atoms with Crippen LogP contribution in [0.2, 0.25) is 0 Å². The predicted molar refractivity (Wildman–Crippen MR) is 92.6 cm³/mol. The topological polar surface area (TPSA) is 15.3 Å². The van der Waals surface area contributed by atoms with Gasteiger partial charge in [0.15, 0.2) is 0 Å². The molecule has 1 fully saturated rings. The molecular weight excluding hydrogens is 324 g/mol. The van der Waals surface area contributed by atoms with E-state index in [0.29, 0.717) is 6.04 Å². The van der Waals surface area contributed by atoms with Crippen LogP contribution in [0.25, 0.3) is 0 Å². The van der Waals surface area contributed by atoms with Crippen molar-refractivity contribution in [2.75, 3.05) is 18.4 Å². The van der Waals surface area contributed by atoms with Gasteiger partial charge in [-0.3, -0.25) is 4.90 Å². The van der Waals surface area contributed by atoms with Gasteiger partial charge in [-0.1, -0.05) is 52.3 Å². The van der Waals surface area contributed by atoms with E-state index in [9.17, 15) is 0 Å². The molecule has 2 nitrogen and oxygen atoms in total. The number of hydrogen-bond donors (Lipinski definition) is 1. The minimum atomic E-state index is 0.545. The van der Waals surface area contributed by atoms with Gasteiger partial charge >= 0.3 is 0 Å². The largest absolute Gasteiger partial charge is 0.381 e. The summed E-state index contributed by atoms with van der Waals surface area (Å²) in [4.78, 5) is 2.52. The summed E-state index contributed by atoms with van der Waals surface area (Å²) < 4.78 is 1.17. The number of aryl methyl sites for hydroxylation is 1. The molecule has 3 rings (SSSR count). The number of anilines is 1. The Morgan fingerprint density at radius 2 is 2.00 bits per heavy atom. The summed E-state index contributed by atoms with van der Waals surface area (Å²) in [5.41, 5.74) is 3.88. The standard InChI is InChI=1S/C18H21BrN2/c1-14-7-8-16(11-18(14)19)20-17-9-10-21(13-17)12-15-5-3-2-4-6-15/h2-8,11,17,20H,9-10,12-13H2,1H3. The SMILES string of the molecule is Cc1ccc(NC2CCN(Cc3ccccc3)C2)cc1Br. The lowest BCUT2D eigenvalue weighted by Gasteiger charge is -2.18. The lowest BCUT2D eigenvalue weighted by molar-refractivity contribution is 0.328. The molecule has 21 heavy (non-hydrogen) atoms. The number of hydrogen-bond acceptors (Lipinski definition) is 2. The molecule has 0 aromatic heterocycles. The zero-order valence-electron chi connectivity index (χ0n) is 12.3. The first-order chi connectivity index (χ1) is 10.2. The fourth-order valence-electron chi connectivity index (χ4n) is 2.85. The van der Waals surface area contributed by atoms with Crippen molar-refractivity contribution in [2.24, 2.45) is 0 Å². The third-order valence-electron chi connectivity index (χ3n) is 4.06. The van der Waals surface area contributed by atoms with Crippen LogP contribution in [0.5, 0.6) is 0 Å². The van der Waals surface area contributed by atoms with Crippen molar-refractivity contribution in [1.29, 1.82) is 0 Å². The summed E-state index contributed by atoms with van der Waals surface area (Å²) >= 11 is 3.60. The van der Waals surface area contributed by atoms with Crippen molar-refractivity contribution in [3.8, 4) is 0 Å². The first-order valence-electron chi connectivity index (χ1n) is 7.50. The van der Waals surface area contributed by atoms with E-state index in [4.69, 9.17) is 0 Å². The first kappa shape index (κ1) is 14.6. The number of benzene rings is 2. The number of nitrogens with one attached hydrogen (secondary N) is 1. The van der Waals surface area contributed by atoms with Gasteiger partial charge in [-0.15, -0.1) is 0 Å². The van der Waals surface area contributed by atoms with Crippen molar-refractivity contribution in [3.05, 3.63) is 64.1 Å². The summed E-state index contributed by atoms with van der Waals surface area (Å²) in [6, 6.07) is 17.8. The molecule has 0 saturated carbocycles. The van der Waals surface area contributed by atoms with Crippen LogP contribution >= 0.6 is 15.9 Å². The van der Waals surface area contributed by atoms with E-state index in [1.165, 1.54) is 34.3 Å². The van der Waals surface area contributed by atoms with Gasteiger partial charge in [-0.2, -0.15) is 0 Å². The second-order valence-electron chi connectivity index (χ2n) is 5.81. The maximum atomic E-state index is 3.65. The Labute approximate surface area is 135 Å². The molecule has 1 unspecified atom stereocenters. The Bertz CT molecular complexity index is 597. The molecule has 0 spiro atoms. The normalized spacial score (nSPS) is 18.9. The number of nitrogens with zero attached hydrogens (tertiary/aromatic N) is 1. The van der Waals surface area contributed by atoms with E-state index in [1.54, 1.807) is 0 Å². The number of likely N-dealkylation sites (tertiary alicyclic amines) is 1. The van der Waals surface area contributed by atoms with Gasteiger partial charge in [-0.05, 0) is 36.6 Å². The molecule has 2 aromatic carbocycles. The summed E-state index contributed by atoms with van der Waals surface area (Å²) in [7, 11) is 0. The Balaban J connectivity index is 1.56. The molecule has 2 aromatic rings. The van der Waals surface area contributed by atoms with Crippen LogP contribution in [0.4, 0.5) is 5.69 Å². The molecule has 0 amide bonds. The summed E-state index contributed by atoms with van der Waals surface area (Å²) in [6.07, 6.45) is 1.21. The fraction of sp³-hybridized carbons (Fsp3) is 0.333. The highest BCUT2D eigenvalue weighted by molar-refractivity contribution is 9.10. The number of halogens is 1. The molecule has 1 aliphatic rings. The van der Waals surface area contributed by atoms with Gasteiger partial charge in [0.2, 0.25) is 0 Å². The number of rotatable bonds is 4. The van der Waals surface area contributed by atoms with Crippen molar-refractivity contribution in [3.63, 3.8) is 0 Å². The Morgan fingerprint density at radius 1 is 1.19 bits per heavy atom. The molecule has 1 aliphatic heterocycles. The molecule has 1 N–H and O–H groups in total. The van der Waals surface area contributed by atoms with Gasteiger partial charge in [0.25, 0.3) is 0 Å². The smallest absolute Gasteiger partial charge is 0.0400 e. The Hall–Kier alpha value is -1.32. The van der Waals surface area contributed by atoms with E-state index in [0.717, 1.165) is 13.1 Å². The second-order valence-corrected chi connectivity index (χ2v) is 6.67. The minimum absolute atomic E-state index is 0.545. The minimum Gasteiger partial charge on any atom is -0.381 e. The summed E-state index contributed by atoms with van der Waals surface area (Å²) in [5.74, 6) is 0. The third-order valence-corrected chi connectivity index (χ3v) is 4.92. The molecule has 0 radical (unpaired) electrons. The zero-order chi connectivity index (χ0) is 14.7. The Kier molecular flexibility index (Phi) is 4.61. The van der Waals surface area contributed by atoms with Crippen LogP contribution in [-0.4, -0.2) is 24.0 Å². The zero-order valence-corrected chi connectivity index (χ0v) is 13.9.